The molecule has 1 atom stereocenters. The van der Waals surface area contributed by atoms with Gasteiger partial charge >= 0.3 is 0 Å². The predicted octanol–water partition coefficient (Wildman–Crippen LogP) is 2.99. The first-order valence-electron chi connectivity index (χ1n) is 7.79. The van der Waals surface area contributed by atoms with E-state index in [-0.39, 0.29) is 18.6 Å². The Balaban J connectivity index is 2.05. The highest BCUT2D eigenvalue weighted by Gasteiger charge is 2.15. The van der Waals surface area contributed by atoms with Gasteiger partial charge in [-0.25, -0.2) is 0 Å². The van der Waals surface area contributed by atoms with Gasteiger partial charge in [0.15, 0.2) is 6.61 Å². The van der Waals surface area contributed by atoms with Crippen LogP contribution in [0.1, 0.15) is 30.7 Å². The van der Waals surface area contributed by atoms with Crippen molar-refractivity contribution in [2.75, 3.05) is 20.7 Å². The van der Waals surface area contributed by atoms with Gasteiger partial charge in [0, 0.05) is 25.7 Å². The molecule has 1 N–H and O–H groups in total. The number of hydrogen-bond donors (Lipinski definition) is 1. The minimum atomic E-state index is -0.0589. The second-order valence-electron chi connectivity index (χ2n) is 5.54. The first kappa shape index (κ1) is 17.1. The topological polar surface area (TPSA) is 54.7 Å². The van der Waals surface area contributed by atoms with Gasteiger partial charge < -0.3 is 19.4 Å². The summed E-state index contributed by atoms with van der Waals surface area (Å²) in [5.74, 6) is 1.57. The van der Waals surface area contributed by atoms with E-state index in [1.807, 2.05) is 36.4 Å². The Morgan fingerprint density at radius 1 is 1.26 bits per heavy atom. The zero-order chi connectivity index (χ0) is 16.7. The minimum absolute atomic E-state index is 0.0403. The Morgan fingerprint density at radius 2 is 2.04 bits per heavy atom. The molecule has 0 bridgehead atoms. The van der Waals surface area contributed by atoms with Crippen LogP contribution in [0.3, 0.4) is 0 Å². The molecule has 0 saturated heterocycles. The molecular weight excluding hydrogens is 292 g/mol. The lowest BCUT2D eigenvalue weighted by Crippen LogP contribution is -2.28. The number of furan rings is 1. The fourth-order valence-corrected chi connectivity index (χ4v) is 2.28. The van der Waals surface area contributed by atoms with Crippen LogP contribution >= 0.6 is 0 Å². The van der Waals surface area contributed by atoms with Crippen molar-refractivity contribution in [1.82, 2.24) is 10.2 Å². The third-order valence-corrected chi connectivity index (χ3v) is 3.66. The van der Waals surface area contributed by atoms with Crippen LogP contribution in [0.5, 0.6) is 5.75 Å². The zero-order valence-electron chi connectivity index (χ0n) is 13.9. The normalized spacial score (nSPS) is 12.0. The van der Waals surface area contributed by atoms with Crippen molar-refractivity contribution in [3.8, 4) is 5.75 Å². The summed E-state index contributed by atoms with van der Waals surface area (Å²) >= 11 is 0. The monoisotopic (exact) mass is 316 g/mol. The summed E-state index contributed by atoms with van der Waals surface area (Å²) in [5, 5.41) is 3.47. The number of rotatable bonds is 8. The number of para-hydroxylation sites is 1. The predicted molar refractivity (Wildman–Crippen MR) is 89.2 cm³/mol. The molecule has 2 aromatic rings. The summed E-state index contributed by atoms with van der Waals surface area (Å²) in [5.41, 5.74) is 1.05. The number of benzene rings is 1. The summed E-state index contributed by atoms with van der Waals surface area (Å²) in [6.45, 7) is 2.80. The molecule has 1 heterocycles. The van der Waals surface area contributed by atoms with E-state index in [1.165, 1.54) is 4.90 Å². The zero-order valence-corrected chi connectivity index (χ0v) is 13.9. The summed E-state index contributed by atoms with van der Waals surface area (Å²) in [6.07, 6.45) is 2.57. The summed E-state index contributed by atoms with van der Waals surface area (Å²) in [7, 11) is 3.44. The fourth-order valence-electron chi connectivity index (χ4n) is 2.28. The number of carbonyl (C=O) groups is 1. The molecule has 1 amide bonds. The molecule has 0 radical (unpaired) electrons. The van der Waals surface area contributed by atoms with Crippen LogP contribution in [0.25, 0.3) is 0 Å². The highest BCUT2D eigenvalue weighted by Crippen LogP contribution is 2.27. The van der Waals surface area contributed by atoms with E-state index in [9.17, 15) is 4.79 Å². The van der Waals surface area contributed by atoms with E-state index in [0.29, 0.717) is 6.54 Å². The van der Waals surface area contributed by atoms with Crippen molar-refractivity contribution in [2.24, 2.45) is 0 Å². The molecule has 0 aliphatic heterocycles. The second kappa shape index (κ2) is 8.39. The van der Waals surface area contributed by atoms with Crippen molar-refractivity contribution in [3.63, 3.8) is 0 Å². The lowest BCUT2D eigenvalue weighted by atomic mass is 10.0. The Morgan fingerprint density at radius 3 is 2.70 bits per heavy atom. The average Bonchev–Trinajstić information content (AvgIpc) is 3.07. The van der Waals surface area contributed by atoms with E-state index in [2.05, 4.69) is 12.2 Å². The SMILES string of the molecule is CCC(NCc1ccco1)c1ccccc1OCC(=O)N(C)C. The van der Waals surface area contributed by atoms with E-state index < -0.39 is 0 Å². The Hall–Kier alpha value is -2.27. The smallest absolute Gasteiger partial charge is 0.259 e. The maximum Gasteiger partial charge on any atom is 0.259 e. The van der Waals surface area contributed by atoms with Gasteiger partial charge in [-0.3, -0.25) is 4.79 Å². The molecule has 0 aliphatic rings. The number of hydrogen-bond acceptors (Lipinski definition) is 4. The van der Waals surface area contributed by atoms with E-state index in [4.69, 9.17) is 9.15 Å². The molecular formula is C18H24N2O3. The maximum atomic E-state index is 11.7. The quantitative estimate of drug-likeness (QED) is 0.813. The first-order valence-corrected chi connectivity index (χ1v) is 7.79. The molecule has 1 aromatic carbocycles. The largest absolute Gasteiger partial charge is 0.483 e. The van der Waals surface area contributed by atoms with Gasteiger partial charge in [-0.15, -0.1) is 0 Å². The molecule has 0 saturated carbocycles. The van der Waals surface area contributed by atoms with Crippen LogP contribution in [-0.4, -0.2) is 31.5 Å². The first-order chi connectivity index (χ1) is 11.1. The van der Waals surface area contributed by atoms with Crippen LogP contribution in [0.4, 0.5) is 0 Å². The molecule has 5 nitrogen and oxygen atoms in total. The Bertz CT molecular complexity index is 608. The van der Waals surface area contributed by atoms with Gasteiger partial charge in [-0.05, 0) is 24.6 Å². The lowest BCUT2D eigenvalue weighted by molar-refractivity contribution is -0.130. The number of nitrogens with one attached hydrogen (secondary N) is 1. The van der Waals surface area contributed by atoms with Crippen molar-refractivity contribution < 1.29 is 13.9 Å². The summed E-state index contributed by atoms with van der Waals surface area (Å²) in [4.78, 5) is 13.2. The van der Waals surface area contributed by atoms with E-state index in [0.717, 1.165) is 23.5 Å². The van der Waals surface area contributed by atoms with Crippen LogP contribution in [0.15, 0.2) is 47.1 Å². The lowest BCUT2D eigenvalue weighted by Gasteiger charge is -2.20. The van der Waals surface area contributed by atoms with Gasteiger partial charge in [0.1, 0.15) is 11.5 Å². The van der Waals surface area contributed by atoms with Gasteiger partial charge in [0.2, 0.25) is 0 Å². The molecule has 23 heavy (non-hydrogen) atoms. The number of amides is 1. The van der Waals surface area contributed by atoms with E-state index >= 15 is 0 Å². The van der Waals surface area contributed by atoms with Crippen molar-refractivity contribution in [1.29, 1.82) is 0 Å². The van der Waals surface area contributed by atoms with Crippen LogP contribution in [0.2, 0.25) is 0 Å². The highest BCUT2D eigenvalue weighted by atomic mass is 16.5. The molecule has 124 valence electrons. The number of likely N-dealkylation sites (N-methyl/N-ethyl adjacent to an activating group) is 1. The number of ether oxygens (including phenoxy) is 1. The molecule has 1 aromatic heterocycles. The molecule has 1 unspecified atom stereocenters. The van der Waals surface area contributed by atoms with Crippen LogP contribution in [0, 0.1) is 0 Å². The van der Waals surface area contributed by atoms with Crippen molar-refractivity contribution in [3.05, 3.63) is 54.0 Å². The minimum Gasteiger partial charge on any atom is -0.483 e. The summed E-state index contributed by atoms with van der Waals surface area (Å²) in [6, 6.07) is 11.8. The van der Waals surface area contributed by atoms with Crippen LogP contribution < -0.4 is 10.1 Å². The molecule has 2 rings (SSSR count). The molecule has 0 fully saturated rings. The second-order valence-corrected chi connectivity index (χ2v) is 5.54. The van der Waals surface area contributed by atoms with Crippen molar-refractivity contribution >= 4 is 5.91 Å². The standard InChI is InChI=1S/C18H24N2O3/c1-4-16(19-12-14-8-7-11-22-14)15-9-5-6-10-17(15)23-13-18(21)20(2)3/h5-11,16,19H,4,12-13H2,1-3H3. The highest BCUT2D eigenvalue weighted by molar-refractivity contribution is 5.77. The number of carbonyl (C=O) groups excluding carboxylic acids is 1. The van der Waals surface area contributed by atoms with E-state index in [1.54, 1.807) is 20.4 Å². The third-order valence-electron chi connectivity index (χ3n) is 3.66. The molecule has 0 aliphatic carbocycles. The maximum absolute atomic E-state index is 11.7. The van der Waals surface area contributed by atoms with Gasteiger partial charge in [-0.2, -0.15) is 0 Å². The fraction of sp³-hybridized carbons (Fsp3) is 0.389. The third kappa shape index (κ3) is 4.86. The number of nitrogens with zero attached hydrogens (tertiary/aromatic N) is 1. The Labute approximate surface area is 137 Å². The summed E-state index contributed by atoms with van der Waals surface area (Å²) < 4.78 is 11.1. The van der Waals surface area contributed by atoms with Gasteiger partial charge in [0.25, 0.3) is 5.91 Å². The average molecular weight is 316 g/mol. The van der Waals surface area contributed by atoms with Crippen molar-refractivity contribution in [2.45, 2.75) is 25.9 Å². The van der Waals surface area contributed by atoms with Crippen LogP contribution in [-0.2, 0) is 11.3 Å². The molecule has 0 spiro atoms. The van der Waals surface area contributed by atoms with Gasteiger partial charge in [-0.1, -0.05) is 25.1 Å². The molecule has 5 heteroatoms. The van der Waals surface area contributed by atoms with Gasteiger partial charge in [0.05, 0.1) is 12.8 Å². The Kier molecular flexibility index (Phi) is 6.23.